The molecular formula is C16H25NO2. The summed E-state index contributed by atoms with van der Waals surface area (Å²) in [6.45, 7) is 8.17. The van der Waals surface area contributed by atoms with Gasteiger partial charge in [0.25, 0.3) is 0 Å². The lowest BCUT2D eigenvalue weighted by Gasteiger charge is -2.49. The number of esters is 1. The highest BCUT2D eigenvalue weighted by Gasteiger charge is 2.71. The second kappa shape index (κ2) is 3.55. The summed E-state index contributed by atoms with van der Waals surface area (Å²) in [5.74, 6) is 2.61. The zero-order valence-corrected chi connectivity index (χ0v) is 12.4. The highest BCUT2D eigenvalue weighted by Crippen LogP contribution is 2.66. The van der Waals surface area contributed by atoms with E-state index in [0.29, 0.717) is 29.2 Å². The van der Waals surface area contributed by atoms with Crippen LogP contribution in [0.2, 0.25) is 0 Å². The van der Waals surface area contributed by atoms with Gasteiger partial charge in [-0.1, -0.05) is 20.8 Å². The molecule has 3 nitrogen and oxygen atoms in total. The van der Waals surface area contributed by atoms with Crippen molar-refractivity contribution in [1.82, 2.24) is 4.90 Å². The van der Waals surface area contributed by atoms with Crippen LogP contribution in [0.1, 0.15) is 33.6 Å². The number of ether oxygens (including phenoxy) is 1. The van der Waals surface area contributed by atoms with E-state index in [9.17, 15) is 4.79 Å². The lowest BCUT2D eigenvalue weighted by molar-refractivity contribution is -0.145. The Morgan fingerprint density at radius 2 is 2.11 bits per heavy atom. The summed E-state index contributed by atoms with van der Waals surface area (Å²) in [5, 5.41) is 0. The molecule has 3 unspecified atom stereocenters. The van der Waals surface area contributed by atoms with E-state index in [1.165, 1.54) is 19.4 Å². The number of rotatable bonds is 1. The molecule has 0 aromatic carbocycles. The molecule has 0 N–H and O–H groups in total. The van der Waals surface area contributed by atoms with Gasteiger partial charge in [0.15, 0.2) is 0 Å². The molecule has 2 aliphatic carbocycles. The van der Waals surface area contributed by atoms with Crippen molar-refractivity contribution in [2.75, 3.05) is 13.6 Å². The Kier molecular flexibility index (Phi) is 2.27. The molecule has 4 fully saturated rings. The van der Waals surface area contributed by atoms with Gasteiger partial charge in [-0.2, -0.15) is 0 Å². The van der Waals surface area contributed by atoms with Crippen molar-refractivity contribution in [2.45, 2.75) is 45.8 Å². The second-order valence-corrected chi connectivity index (χ2v) is 7.88. The predicted octanol–water partition coefficient (Wildman–Crippen LogP) is 2.16. The standard InChI is InChI=1S/C16H25NO2/c1-8(2)11-12-10-6-5-9-7-17(4)14(16(9,10)3)13(11)19-15(12)18/h8-14H,5-7H2,1-4H3/t9?,10-,11-,12?,13-,14?,16-/m0/s1. The van der Waals surface area contributed by atoms with Gasteiger partial charge < -0.3 is 4.74 Å². The van der Waals surface area contributed by atoms with Gasteiger partial charge in [0, 0.05) is 12.5 Å². The van der Waals surface area contributed by atoms with E-state index in [1.54, 1.807) is 0 Å². The number of likely N-dealkylation sites (tertiary alicyclic amines) is 1. The molecule has 2 saturated carbocycles. The molecule has 0 amide bonds. The first-order chi connectivity index (χ1) is 8.96. The van der Waals surface area contributed by atoms with Gasteiger partial charge in [0.2, 0.25) is 0 Å². The largest absolute Gasteiger partial charge is 0.460 e. The maximum Gasteiger partial charge on any atom is 0.310 e. The number of likely N-dealkylation sites (N-methyl/N-ethyl adjacent to an activating group) is 1. The molecule has 0 aromatic rings. The number of carbonyl (C=O) groups is 1. The van der Waals surface area contributed by atoms with Crippen LogP contribution < -0.4 is 0 Å². The first-order valence-corrected chi connectivity index (χ1v) is 7.87. The van der Waals surface area contributed by atoms with Gasteiger partial charge in [-0.3, -0.25) is 9.69 Å². The van der Waals surface area contributed by atoms with Crippen molar-refractivity contribution in [3.8, 4) is 0 Å². The van der Waals surface area contributed by atoms with Crippen molar-refractivity contribution in [2.24, 2.45) is 35.0 Å². The minimum atomic E-state index is 0.110. The van der Waals surface area contributed by atoms with Crippen LogP contribution >= 0.6 is 0 Å². The molecule has 0 spiro atoms. The van der Waals surface area contributed by atoms with Crippen LogP contribution in [0.15, 0.2) is 0 Å². The third-order valence-electron chi connectivity index (χ3n) is 6.96. The lowest BCUT2D eigenvalue weighted by atomic mass is 9.55. The maximum absolute atomic E-state index is 12.4. The van der Waals surface area contributed by atoms with Crippen LogP contribution in [-0.2, 0) is 9.53 Å². The Bertz CT molecular complexity index is 434. The third kappa shape index (κ3) is 1.22. The summed E-state index contributed by atoms with van der Waals surface area (Å²) in [6, 6.07) is 0.458. The van der Waals surface area contributed by atoms with E-state index in [4.69, 9.17) is 4.74 Å². The molecule has 7 atom stereocenters. The molecule has 0 radical (unpaired) electrons. The van der Waals surface area contributed by atoms with Crippen LogP contribution in [0.25, 0.3) is 0 Å². The van der Waals surface area contributed by atoms with Crippen LogP contribution in [0.4, 0.5) is 0 Å². The lowest BCUT2D eigenvalue weighted by Crippen LogP contribution is -2.57. The van der Waals surface area contributed by atoms with Crippen molar-refractivity contribution in [3.63, 3.8) is 0 Å². The molecule has 19 heavy (non-hydrogen) atoms. The van der Waals surface area contributed by atoms with Crippen LogP contribution in [0.3, 0.4) is 0 Å². The van der Waals surface area contributed by atoms with Gasteiger partial charge in [-0.05, 0) is 43.1 Å². The van der Waals surface area contributed by atoms with Crippen molar-refractivity contribution in [1.29, 1.82) is 0 Å². The summed E-state index contributed by atoms with van der Waals surface area (Å²) < 4.78 is 5.88. The number of hydrogen-bond donors (Lipinski definition) is 0. The summed E-state index contributed by atoms with van der Waals surface area (Å²) in [4.78, 5) is 14.9. The molecule has 106 valence electrons. The minimum absolute atomic E-state index is 0.110. The van der Waals surface area contributed by atoms with E-state index in [-0.39, 0.29) is 18.0 Å². The Hall–Kier alpha value is -0.570. The van der Waals surface area contributed by atoms with Gasteiger partial charge >= 0.3 is 5.97 Å². The Balaban J connectivity index is 1.85. The van der Waals surface area contributed by atoms with Gasteiger partial charge in [0.05, 0.1) is 12.0 Å². The Labute approximate surface area is 115 Å². The molecule has 2 heterocycles. The average Bonchev–Trinajstić information content (AvgIpc) is 2.86. The van der Waals surface area contributed by atoms with E-state index in [2.05, 4.69) is 32.7 Å². The summed E-state index contributed by atoms with van der Waals surface area (Å²) in [5.41, 5.74) is 0.321. The predicted molar refractivity (Wildman–Crippen MR) is 72.4 cm³/mol. The first kappa shape index (κ1) is 12.2. The van der Waals surface area contributed by atoms with Crippen molar-refractivity contribution in [3.05, 3.63) is 0 Å². The second-order valence-electron chi connectivity index (χ2n) is 7.88. The van der Waals surface area contributed by atoms with Crippen molar-refractivity contribution >= 4 is 5.97 Å². The molecule has 3 heteroatoms. The average molecular weight is 263 g/mol. The monoisotopic (exact) mass is 263 g/mol. The maximum atomic E-state index is 12.4. The summed E-state index contributed by atoms with van der Waals surface area (Å²) >= 11 is 0. The number of nitrogens with zero attached hydrogens (tertiary/aromatic N) is 1. The highest BCUT2D eigenvalue weighted by molar-refractivity contribution is 5.77. The van der Waals surface area contributed by atoms with Crippen LogP contribution in [0, 0.1) is 35.0 Å². The molecule has 4 rings (SSSR count). The SMILES string of the molecule is CC(C)[C@H]1C2C(=O)O[C@@H]1C1N(C)CC3CC[C@@H]2[C@]31C. The fourth-order valence-electron chi connectivity index (χ4n) is 6.32. The van der Waals surface area contributed by atoms with Crippen LogP contribution in [-0.4, -0.2) is 36.6 Å². The number of fused-ring (bicyclic) bond motifs is 4. The van der Waals surface area contributed by atoms with Crippen LogP contribution in [0.5, 0.6) is 0 Å². The van der Waals surface area contributed by atoms with E-state index >= 15 is 0 Å². The summed E-state index contributed by atoms with van der Waals surface area (Å²) in [6.07, 6.45) is 2.69. The first-order valence-electron chi connectivity index (χ1n) is 7.87. The molecule has 4 aliphatic rings. The van der Waals surface area contributed by atoms with Gasteiger partial charge in [-0.25, -0.2) is 0 Å². The topological polar surface area (TPSA) is 29.5 Å². The van der Waals surface area contributed by atoms with Crippen molar-refractivity contribution < 1.29 is 9.53 Å². The molecule has 2 aliphatic heterocycles. The molecule has 2 saturated heterocycles. The number of carbonyl (C=O) groups excluding carboxylic acids is 1. The molecular weight excluding hydrogens is 238 g/mol. The third-order valence-corrected chi connectivity index (χ3v) is 6.96. The smallest absolute Gasteiger partial charge is 0.310 e. The minimum Gasteiger partial charge on any atom is -0.460 e. The molecule has 2 bridgehead atoms. The zero-order valence-electron chi connectivity index (χ0n) is 12.4. The summed E-state index contributed by atoms with van der Waals surface area (Å²) in [7, 11) is 2.23. The Morgan fingerprint density at radius 3 is 2.79 bits per heavy atom. The quantitative estimate of drug-likeness (QED) is 0.679. The fraction of sp³-hybridized carbons (Fsp3) is 0.938. The number of hydrogen-bond acceptors (Lipinski definition) is 3. The zero-order chi connectivity index (χ0) is 13.5. The molecule has 0 aromatic heterocycles. The van der Waals surface area contributed by atoms with Gasteiger partial charge in [-0.15, -0.1) is 0 Å². The highest BCUT2D eigenvalue weighted by atomic mass is 16.6. The van der Waals surface area contributed by atoms with Gasteiger partial charge in [0.1, 0.15) is 6.10 Å². The van der Waals surface area contributed by atoms with E-state index < -0.39 is 0 Å². The fourth-order valence-corrected chi connectivity index (χ4v) is 6.32. The Morgan fingerprint density at radius 1 is 1.37 bits per heavy atom. The van der Waals surface area contributed by atoms with E-state index in [1.807, 2.05) is 0 Å². The normalized spacial score (nSPS) is 55.7. The van der Waals surface area contributed by atoms with E-state index in [0.717, 1.165) is 5.92 Å².